The minimum atomic E-state index is -0.0259. The third kappa shape index (κ3) is 2.82. The number of nitrogens with one attached hydrogen (secondary N) is 1. The van der Waals surface area contributed by atoms with Gasteiger partial charge in [0.25, 0.3) is 5.91 Å². The molecule has 0 aromatic carbocycles. The Kier molecular flexibility index (Phi) is 3.74. The zero-order valence-corrected chi connectivity index (χ0v) is 12.1. The number of amides is 1. The molecular formula is C14H18N4O3. The van der Waals surface area contributed by atoms with Crippen LogP contribution in [-0.2, 0) is 11.2 Å². The number of methoxy groups -OCH3 is 1. The third-order valence-electron chi connectivity index (χ3n) is 3.86. The second-order valence-corrected chi connectivity index (χ2v) is 5.37. The number of H-pyrrole nitrogens is 1. The minimum absolute atomic E-state index is 0.00579. The number of carbonyl (C=O) groups is 1. The molecule has 0 unspecified atom stereocenters. The van der Waals surface area contributed by atoms with Crippen molar-refractivity contribution in [1.82, 2.24) is 20.3 Å². The SMILES string of the molecule is CO[C@H]1CN(C(=O)c2cn[nH]c2)C[C@H]1Cc1cc(C)no1. The van der Waals surface area contributed by atoms with Gasteiger partial charge in [-0.25, -0.2) is 0 Å². The van der Waals surface area contributed by atoms with Gasteiger partial charge in [-0.3, -0.25) is 9.89 Å². The Morgan fingerprint density at radius 3 is 3.05 bits per heavy atom. The molecule has 0 spiro atoms. The zero-order chi connectivity index (χ0) is 14.8. The van der Waals surface area contributed by atoms with Crippen LogP contribution in [0.25, 0.3) is 0 Å². The van der Waals surface area contributed by atoms with Crippen molar-refractivity contribution in [1.29, 1.82) is 0 Å². The van der Waals surface area contributed by atoms with Crippen LogP contribution in [0.4, 0.5) is 0 Å². The van der Waals surface area contributed by atoms with Gasteiger partial charge in [0.05, 0.1) is 23.6 Å². The van der Waals surface area contributed by atoms with E-state index in [9.17, 15) is 4.79 Å². The number of likely N-dealkylation sites (tertiary alicyclic amines) is 1. The van der Waals surface area contributed by atoms with E-state index in [4.69, 9.17) is 9.26 Å². The van der Waals surface area contributed by atoms with Gasteiger partial charge >= 0.3 is 0 Å². The van der Waals surface area contributed by atoms with Crippen LogP contribution >= 0.6 is 0 Å². The lowest BCUT2D eigenvalue weighted by Crippen LogP contribution is -2.29. The lowest BCUT2D eigenvalue weighted by Gasteiger charge is -2.14. The summed E-state index contributed by atoms with van der Waals surface area (Å²) in [4.78, 5) is 14.1. The summed E-state index contributed by atoms with van der Waals surface area (Å²) < 4.78 is 10.8. The molecule has 7 heteroatoms. The fourth-order valence-corrected chi connectivity index (χ4v) is 2.79. The van der Waals surface area contributed by atoms with E-state index in [2.05, 4.69) is 15.4 Å². The van der Waals surface area contributed by atoms with Crippen molar-refractivity contribution >= 4 is 5.91 Å². The molecule has 1 amide bonds. The normalized spacial score (nSPS) is 21.9. The monoisotopic (exact) mass is 290 g/mol. The average Bonchev–Trinajstić information content (AvgIpc) is 3.19. The number of aryl methyl sites for hydroxylation is 1. The maximum atomic E-state index is 12.3. The Labute approximate surface area is 122 Å². The molecule has 2 aromatic rings. The van der Waals surface area contributed by atoms with E-state index in [0.717, 1.165) is 11.5 Å². The number of rotatable bonds is 4. The molecule has 0 saturated carbocycles. The van der Waals surface area contributed by atoms with Gasteiger partial charge < -0.3 is 14.2 Å². The standard InChI is InChI=1S/C14H18N4O3/c1-9-3-12(21-17-9)4-10-7-18(8-13(10)20-2)14(19)11-5-15-16-6-11/h3,5-6,10,13H,4,7-8H2,1-2H3,(H,15,16)/t10-,13+/m1/s1. The van der Waals surface area contributed by atoms with E-state index in [0.29, 0.717) is 25.1 Å². The van der Waals surface area contributed by atoms with Crippen LogP contribution in [0.3, 0.4) is 0 Å². The molecule has 1 N–H and O–H groups in total. The fraction of sp³-hybridized carbons (Fsp3) is 0.500. The molecule has 21 heavy (non-hydrogen) atoms. The molecule has 0 radical (unpaired) electrons. The number of hydrogen-bond acceptors (Lipinski definition) is 5. The molecule has 7 nitrogen and oxygen atoms in total. The van der Waals surface area contributed by atoms with Crippen molar-refractivity contribution in [2.24, 2.45) is 5.92 Å². The van der Waals surface area contributed by atoms with Gasteiger partial charge in [-0.1, -0.05) is 5.16 Å². The number of nitrogens with zero attached hydrogens (tertiary/aromatic N) is 3. The van der Waals surface area contributed by atoms with Crippen LogP contribution in [0.5, 0.6) is 0 Å². The van der Waals surface area contributed by atoms with Crippen LogP contribution in [0.15, 0.2) is 23.0 Å². The predicted molar refractivity (Wildman–Crippen MR) is 73.7 cm³/mol. The highest BCUT2D eigenvalue weighted by molar-refractivity contribution is 5.93. The summed E-state index contributed by atoms with van der Waals surface area (Å²) >= 11 is 0. The summed E-state index contributed by atoms with van der Waals surface area (Å²) in [6.45, 7) is 3.12. The molecule has 112 valence electrons. The first-order valence-electron chi connectivity index (χ1n) is 6.90. The largest absolute Gasteiger partial charge is 0.379 e. The number of hydrogen-bond donors (Lipinski definition) is 1. The van der Waals surface area contributed by atoms with E-state index in [1.165, 1.54) is 6.20 Å². The maximum Gasteiger partial charge on any atom is 0.257 e. The molecule has 2 atom stereocenters. The van der Waals surface area contributed by atoms with E-state index in [1.54, 1.807) is 18.2 Å². The van der Waals surface area contributed by atoms with E-state index >= 15 is 0 Å². The van der Waals surface area contributed by atoms with Crippen molar-refractivity contribution in [3.05, 3.63) is 35.5 Å². The predicted octanol–water partition coefficient (Wildman–Crippen LogP) is 1.04. The second kappa shape index (κ2) is 5.69. The Hall–Kier alpha value is -2.15. The second-order valence-electron chi connectivity index (χ2n) is 5.37. The summed E-state index contributed by atoms with van der Waals surface area (Å²) in [5.41, 5.74) is 1.43. The lowest BCUT2D eigenvalue weighted by molar-refractivity contribution is 0.0672. The zero-order valence-electron chi connectivity index (χ0n) is 12.1. The molecule has 2 aromatic heterocycles. The van der Waals surface area contributed by atoms with Gasteiger partial charge in [0.1, 0.15) is 5.76 Å². The Morgan fingerprint density at radius 2 is 2.43 bits per heavy atom. The Balaban J connectivity index is 1.69. The molecule has 1 aliphatic rings. The van der Waals surface area contributed by atoms with Crippen molar-refractivity contribution in [2.75, 3.05) is 20.2 Å². The number of aromatic nitrogens is 3. The first kappa shape index (κ1) is 13.8. The van der Waals surface area contributed by atoms with Gasteiger partial charge in [-0.05, 0) is 6.92 Å². The fourth-order valence-electron chi connectivity index (χ4n) is 2.79. The highest BCUT2D eigenvalue weighted by Gasteiger charge is 2.36. The topological polar surface area (TPSA) is 84.2 Å². The molecule has 3 rings (SSSR count). The van der Waals surface area contributed by atoms with Crippen molar-refractivity contribution in [2.45, 2.75) is 19.4 Å². The summed E-state index contributed by atoms with van der Waals surface area (Å²) in [5, 5.41) is 10.4. The van der Waals surface area contributed by atoms with E-state index < -0.39 is 0 Å². The number of ether oxygens (including phenoxy) is 1. The van der Waals surface area contributed by atoms with Crippen LogP contribution in [0.1, 0.15) is 21.8 Å². The maximum absolute atomic E-state index is 12.3. The molecule has 1 aliphatic heterocycles. The first-order valence-corrected chi connectivity index (χ1v) is 6.90. The molecule has 3 heterocycles. The summed E-state index contributed by atoms with van der Waals surface area (Å²) in [7, 11) is 1.68. The van der Waals surface area contributed by atoms with Crippen molar-refractivity contribution in [3.8, 4) is 0 Å². The number of aromatic amines is 1. The molecule has 1 saturated heterocycles. The van der Waals surface area contributed by atoms with Crippen LogP contribution in [-0.4, -0.2) is 52.5 Å². The Bertz CT molecular complexity index is 608. The van der Waals surface area contributed by atoms with Gasteiger partial charge in [0.15, 0.2) is 0 Å². The highest BCUT2D eigenvalue weighted by atomic mass is 16.5. The van der Waals surface area contributed by atoms with E-state index in [1.807, 2.05) is 13.0 Å². The summed E-state index contributed by atoms with van der Waals surface area (Å²) in [5.74, 6) is 1.01. The summed E-state index contributed by atoms with van der Waals surface area (Å²) in [6.07, 6.45) is 3.87. The Morgan fingerprint density at radius 1 is 1.57 bits per heavy atom. The smallest absolute Gasteiger partial charge is 0.257 e. The number of carbonyl (C=O) groups excluding carboxylic acids is 1. The lowest BCUT2D eigenvalue weighted by atomic mass is 10.0. The van der Waals surface area contributed by atoms with Gasteiger partial charge in [-0.15, -0.1) is 0 Å². The van der Waals surface area contributed by atoms with Crippen molar-refractivity contribution in [3.63, 3.8) is 0 Å². The van der Waals surface area contributed by atoms with Gasteiger partial charge in [0, 0.05) is 44.8 Å². The van der Waals surface area contributed by atoms with Crippen LogP contribution in [0.2, 0.25) is 0 Å². The van der Waals surface area contributed by atoms with Gasteiger partial charge in [-0.2, -0.15) is 5.10 Å². The first-order chi connectivity index (χ1) is 10.2. The van der Waals surface area contributed by atoms with Gasteiger partial charge in [0.2, 0.25) is 0 Å². The minimum Gasteiger partial charge on any atom is -0.379 e. The molecule has 0 aliphatic carbocycles. The molecular weight excluding hydrogens is 272 g/mol. The van der Waals surface area contributed by atoms with E-state index in [-0.39, 0.29) is 17.9 Å². The van der Waals surface area contributed by atoms with Crippen LogP contribution < -0.4 is 0 Å². The molecule has 0 bridgehead atoms. The summed E-state index contributed by atoms with van der Waals surface area (Å²) in [6, 6.07) is 1.92. The quantitative estimate of drug-likeness (QED) is 0.909. The highest BCUT2D eigenvalue weighted by Crippen LogP contribution is 2.25. The van der Waals surface area contributed by atoms with Crippen molar-refractivity contribution < 1.29 is 14.1 Å². The van der Waals surface area contributed by atoms with Crippen LogP contribution in [0, 0.1) is 12.8 Å². The average molecular weight is 290 g/mol. The molecule has 1 fully saturated rings. The third-order valence-corrected chi connectivity index (χ3v) is 3.86.